The van der Waals surface area contributed by atoms with E-state index in [2.05, 4.69) is 5.43 Å². The van der Waals surface area contributed by atoms with Crippen LogP contribution < -0.4 is 10.2 Å². The Morgan fingerprint density at radius 2 is 1.76 bits per heavy atom. The molecule has 10 nitrogen and oxygen atoms in total. The highest BCUT2D eigenvalue weighted by atomic mass is 35.5. The number of aliphatic hydroxyl groups excluding tert-OH is 1. The number of hydrogen-bond donors (Lipinski definition) is 2. The second-order valence-corrected chi connectivity index (χ2v) is 12.8. The van der Waals surface area contributed by atoms with Crippen molar-refractivity contribution in [1.29, 1.82) is 0 Å². The lowest BCUT2D eigenvalue weighted by atomic mass is 9.50. The van der Waals surface area contributed by atoms with Crippen LogP contribution in [0.1, 0.15) is 35.8 Å². The van der Waals surface area contributed by atoms with Crippen molar-refractivity contribution < 1.29 is 33.4 Å². The van der Waals surface area contributed by atoms with Crippen molar-refractivity contribution in [3.63, 3.8) is 0 Å². The SMILES string of the molecule is COc1ccc([C@@]23C(=O)N(Nc4ccc(Cl)cc4Cl)C(=O)[C@@H]2C[C@@H]2C(=CC[C@@H]4C(=O)N(C)C(=O)[C@@H]42)[C@@H]3c2ccc(CO)o2)cc1. The number of ether oxygens (including phenoxy) is 1. The maximum Gasteiger partial charge on any atom is 0.260 e. The molecule has 4 amide bonds. The first-order chi connectivity index (χ1) is 21.6. The van der Waals surface area contributed by atoms with Gasteiger partial charge in [-0.2, -0.15) is 5.01 Å². The summed E-state index contributed by atoms with van der Waals surface area (Å²) in [6.45, 7) is -0.369. The number of nitrogens with zero attached hydrogens (tertiary/aromatic N) is 2. The number of carbonyl (C=O) groups excluding carboxylic acids is 4. The van der Waals surface area contributed by atoms with Crippen LogP contribution >= 0.6 is 23.2 Å². The number of likely N-dealkylation sites (tertiary alicyclic amines) is 1. The molecule has 232 valence electrons. The molecule has 0 radical (unpaired) electrons. The van der Waals surface area contributed by atoms with Gasteiger partial charge in [0.05, 0.1) is 41.5 Å². The molecule has 2 N–H and O–H groups in total. The van der Waals surface area contributed by atoms with Gasteiger partial charge < -0.3 is 14.3 Å². The number of carbonyl (C=O) groups is 4. The lowest BCUT2D eigenvalue weighted by Crippen LogP contribution is -2.53. The highest BCUT2D eigenvalue weighted by Crippen LogP contribution is 2.64. The minimum atomic E-state index is -1.52. The van der Waals surface area contributed by atoms with Crippen molar-refractivity contribution >= 4 is 52.5 Å². The second kappa shape index (κ2) is 10.8. The molecular weight excluding hydrogens is 621 g/mol. The Morgan fingerprint density at radius 3 is 2.42 bits per heavy atom. The molecule has 7 rings (SSSR count). The fourth-order valence-electron chi connectivity index (χ4n) is 7.94. The lowest BCUT2D eigenvalue weighted by molar-refractivity contribution is -0.140. The smallest absolute Gasteiger partial charge is 0.260 e. The molecular formula is C33H29Cl2N3O7. The predicted octanol–water partition coefficient (Wildman–Crippen LogP) is 4.70. The summed E-state index contributed by atoms with van der Waals surface area (Å²) >= 11 is 12.6. The highest BCUT2D eigenvalue weighted by molar-refractivity contribution is 6.36. The molecule has 2 aliphatic carbocycles. The molecule has 3 heterocycles. The van der Waals surface area contributed by atoms with Crippen LogP contribution in [0.3, 0.4) is 0 Å². The van der Waals surface area contributed by atoms with Crippen LogP contribution in [-0.2, 0) is 31.2 Å². The standard InChI is InChI=1S/C33H29Cl2N3O7/c1-37-29(40)21-10-9-20-22(27(21)31(37)42)14-23-30(41)38(36-25-11-5-17(34)13-24(25)35)32(43)33(23,16-3-6-18(44-2)7-4-16)28(20)26-12-8-19(15-39)45-26/h3-9,11-13,21-23,27-28,36,39H,10,14-15H2,1-2H3/t21-,22+,23-,27-,28+,33+/m0/s1. The minimum Gasteiger partial charge on any atom is -0.497 e. The highest BCUT2D eigenvalue weighted by Gasteiger charge is 2.71. The first-order valence-electron chi connectivity index (χ1n) is 14.6. The van der Waals surface area contributed by atoms with Crippen molar-refractivity contribution in [1.82, 2.24) is 9.91 Å². The van der Waals surface area contributed by atoms with Gasteiger partial charge >= 0.3 is 0 Å². The molecule has 2 aromatic carbocycles. The molecule has 3 fully saturated rings. The second-order valence-electron chi connectivity index (χ2n) is 11.9. The van der Waals surface area contributed by atoms with Crippen molar-refractivity contribution in [2.24, 2.45) is 23.7 Å². The molecule has 12 heteroatoms. The largest absolute Gasteiger partial charge is 0.497 e. The van der Waals surface area contributed by atoms with E-state index >= 15 is 4.79 Å². The third-order valence-corrected chi connectivity index (χ3v) is 10.5. The summed E-state index contributed by atoms with van der Waals surface area (Å²) in [5, 5.41) is 11.5. The van der Waals surface area contributed by atoms with E-state index in [0.717, 1.165) is 10.6 Å². The van der Waals surface area contributed by atoms with Crippen molar-refractivity contribution in [2.75, 3.05) is 19.6 Å². The molecule has 0 spiro atoms. The molecule has 2 aliphatic heterocycles. The number of methoxy groups -OCH3 is 1. The number of anilines is 1. The Hall–Kier alpha value is -4.12. The molecule has 6 atom stereocenters. The molecule has 1 saturated carbocycles. The van der Waals surface area contributed by atoms with Gasteiger partial charge in [-0.05, 0) is 66.8 Å². The fourth-order valence-corrected chi connectivity index (χ4v) is 8.39. The van der Waals surface area contributed by atoms with E-state index in [0.29, 0.717) is 34.2 Å². The van der Waals surface area contributed by atoms with Gasteiger partial charge in [0.25, 0.3) is 11.8 Å². The van der Waals surface area contributed by atoms with E-state index in [1.165, 1.54) is 25.1 Å². The quantitative estimate of drug-likeness (QED) is 0.290. The lowest BCUT2D eigenvalue weighted by Gasteiger charge is -2.49. The van der Waals surface area contributed by atoms with Gasteiger partial charge in [-0.1, -0.05) is 47.0 Å². The van der Waals surface area contributed by atoms with Gasteiger partial charge in [-0.15, -0.1) is 0 Å². The fraction of sp³-hybridized carbons (Fsp3) is 0.333. The van der Waals surface area contributed by atoms with Crippen LogP contribution in [0.4, 0.5) is 5.69 Å². The van der Waals surface area contributed by atoms with E-state index in [9.17, 15) is 19.5 Å². The maximum atomic E-state index is 15.0. The molecule has 3 aromatic rings. The zero-order valence-corrected chi connectivity index (χ0v) is 25.8. The van der Waals surface area contributed by atoms with Gasteiger partial charge in [-0.25, -0.2) is 0 Å². The van der Waals surface area contributed by atoms with Crippen LogP contribution in [0, 0.1) is 23.7 Å². The topological polar surface area (TPSA) is 129 Å². The third kappa shape index (κ3) is 4.19. The number of furan rings is 1. The number of allylic oxidation sites excluding steroid dienone is 2. The molecule has 0 bridgehead atoms. The van der Waals surface area contributed by atoms with Gasteiger partial charge in [0.2, 0.25) is 11.8 Å². The predicted molar refractivity (Wildman–Crippen MR) is 163 cm³/mol. The van der Waals surface area contributed by atoms with Crippen LogP contribution in [0.15, 0.2) is 70.7 Å². The monoisotopic (exact) mass is 649 g/mol. The average Bonchev–Trinajstić information content (AvgIpc) is 3.67. The average molecular weight is 651 g/mol. The number of imide groups is 2. The molecule has 4 aliphatic rings. The van der Waals surface area contributed by atoms with Crippen LogP contribution in [-0.4, -0.2) is 52.8 Å². The number of halogens is 2. The molecule has 2 saturated heterocycles. The summed E-state index contributed by atoms with van der Waals surface area (Å²) in [6.07, 6.45) is 2.39. The Labute approximate surface area is 268 Å². The van der Waals surface area contributed by atoms with Crippen LogP contribution in [0.5, 0.6) is 5.75 Å². The van der Waals surface area contributed by atoms with Crippen molar-refractivity contribution in [3.8, 4) is 5.75 Å². The van der Waals surface area contributed by atoms with E-state index in [1.54, 1.807) is 48.5 Å². The number of aliphatic hydroxyl groups is 1. The van der Waals surface area contributed by atoms with Crippen molar-refractivity contribution in [2.45, 2.75) is 30.8 Å². The summed E-state index contributed by atoms with van der Waals surface area (Å²) in [5.41, 5.74) is 3.04. The maximum absolute atomic E-state index is 15.0. The Kier molecular flexibility index (Phi) is 7.07. The summed E-state index contributed by atoms with van der Waals surface area (Å²) in [4.78, 5) is 57.4. The summed E-state index contributed by atoms with van der Waals surface area (Å²) in [7, 11) is 3.02. The molecule has 45 heavy (non-hydrogen) atoms. The number of amides is 4. The molecule has 1 aromatic heterocycles. The number of hydrazine groups is 1. The normalized spacial score (nSPS) is 29.0. The van der Waals surface area contributed by atoms with Crippen molar-refractivity contribution in [3.05, 3.63) is 93.4 Å². The van der Waals surface area contributed by atoms with Gasteiger partial charge in [0.15, 0.2) is 0 Å². The minimum absolute atomic E-state index is 0.146. The number of rotatable bonds is 6. The summed E-state index contributed by atoms with van der Waals surface area (Å²) < 4.78 is 11.6. The number of hydrogen-bond acceptors (Lipinski definition) is 8. The first-order valence-corrected chi connectivity index (χ1v) is 15.3. The zero-order chi connectivity index (χ0) is 31.8. The van der Waals surface area contributed by atoms with Gasteiger partial charge in [0, 0.05) is 12.1 Å². The van der Waals surface area contributed by atoms with Crippen LogP contribution in [0.2, 0.25) is 10.0 Å². The zero-order valence-electron chi connectivity index (χ0n) is 24.3. The third-order valence-electron chi connectivity index (χ3n) is 9.92. The van der Waals surface area contributed by atoms with Gasteiger partial charge in [0.1, 0.15) is 29.3 Å². The van der Waals surface area contributed by atoms with Gasteiger partial charge in [-0.3, -0.25) is 29.5 Å². The van der Waals surface area contributed by atoms with E-state index in [4.69, 9.17) is 32.4 Å². The Morgan fingerprint density at radius 1 is 1.00 bits per heavy atom. The van der Waals surface area contributed by atoms with E-state index in [1.807, 2.05) is 6.08 Å². The molecule has 0 unspecified atom stereocenters. The summed E-state index contributed by atoms with van der Waals surface area (Å²) in [6, 6.07) is 15.0. The number of nitrogens with one attached hydrogen (secondary N) is 1. The van der Waals surface area contributed by atoms with Crippen LogP contribution in [0.25, 0.3) is 0 Å². The Balaban J connectivity index is 1.46. The first kappa shape index (κ1) is 29.6. The number of benzene rings is 2. The van der Waals surface area contributed by atoms with E-state index < -0.39 is 46.8 Å². The Bertz CT molecular complexity index is 1790. The number of fused-ring (bicyclic) bond motifs is 4. The summed E-state index contributed by atoms with van der Waals surface area (Å²) in [5.74, 6) is -3.91. The van der Waals surface area contributed by atoms with E-state index in [-0.39, 0.29) is 35.6 Å².